The average Bonchev–Trinajstić information content (AvgIpc) is 2.88. The van der Waals surface area contributed by atoms with Crippen molar-refractivity contribution < 1.29 is 19.8 Å². The van der Waals surface area contributed by atoms with Crippen molar-refractivity contribution in [2.75, 3.05) is 0 Å². The first-order valence-electron chi connectivity index (χ1n) is 5.54. The topological polar surface area (TPSA) is 118 Å². The molecule has 102 valence electrons. The summed E-state index contributed by atoms with van der Waals surface area (Å²) in [6.45, 7) is 0.293. The largest absolute Gasteiger partial charge is 0.505 e. The number of carbonyl (C=O) groups excluding carboxylic acids is 1. The number of carbonyl (C=O) groups is 2. The molecule has 8 heteroatoms. The second-order valence-corrected chi connectivity index (χ2v) is 3.78. The van der Waals surface area contributed by atoms with E-state index in [0.29, 0.717) is 12.6 Å². The highest BCUT2D eigenvalue weighted by atomic mass is 16.4. The van der Waals surface area contributed by atoms with E-state index in [-0.39, 0.29) is 5.69 Å². The third kappa shape index (κ3) is 3.25. The molecule has 0 fully saturated rings. The number of pyridine rings is 1. The van der Waals surface area contributed by atoms with Crippen LogP contribution in [-0.2, 0) is 16.1 Å². The first-order chi connectivity index (χ1) is 9.56. The van der Waals surface area contributed by atoms with E-state index in [4.69, 9.17) is 5.11 Å². The summed E-state index contributed by atoms with van der Waals surface area (Å²) in [7, 11) is 0. The zero-order chi connectivity index (χ0) is 14.5. The zero-order valence-corrected chi connectivity index (χ0v) is 10.2. The molecule has 0 amide bonds. The van der Waals surface area contributed by atoms with Gasteiger partial charge >= 0.3 is 5.97 Å². The van der Waals surface area contributed by atoms with Crippen LogP contribution in [0.15, 0.2) is 36.7 Å². The van der Waals surface area contributed by atoms with Gasteiger partial charge in [-0.1, -0.05) is 6.07 Å². The number of hydrogen-bond donors (Lipinski definition) is 2. The molecule has 0 aliphatic carbocycles. The molecule has 0 saturated heterocycles. The number of carboxylic acids is 1. The molecule has 2 heterocycles. The normalized spacial score (nSPS) is 11.3. The Kier molecular flexibility index (Phi) is 3.85. The molecule has 2 aromatic heterocycles. The van der Waals surface area contributed by atoms with Crippen LogP contribution in [-0.4, -0.2) is 41.9 Å². The summed E-state index contributed by atoms with van der Waals surface area (Å²) in [6.07, 6.45) is 3.43. The van der Waals surface area contributed by atoms with Crippen molar-refractivity contribution >= 4 is 17.5 Å². The number of aliphatic carboxylic acids is 1. The maximum atomic E-state index is 10.9. The van der Waals surface area contributed by atoms with E-state index in [1.807, 2.05) is 6.07 Å². The van der Waals surface area contributed by atoms with Gasteiger partial charge in [0.25, 0.3) is 5.78 Å². The molecule has 0 bridgehead atoms. The van der Waals surface area contributed by atoms with E-state index in [1.165, 1.54) is 11.0 Å². The van der Waals surface area contributed by atoms with Gasteiger partial charge in [0.05, 0.1) is 11.9 Å². The van der Waals surface area contributed by atoms with E-state index in [1.54, 1.807) is 18.3 Å². The second-order valence-electron chi connectivity index (χ2n) is 3.78. The average molecular weight is 274 g/mol. The number of aliphatic hydroxyl groups is 1. The van der Waals surface area contributed by atoms with Gasteiger partial charge in [0, 0.05) is 12.3 Å². The minimum Gasteiger partial charge on any atom is -0.505 e. The monoisotopic (exact) mass is 274 g/mol. The summed E-state index contributed by atoms with van der Waals surface area (Å²) in [5, 5.41) is 25.8. The SMILES string of the molecule is O=C(O)C(=O)C=C(O)c1cnn(Cc2ccccn2)n1. The maximum Gasteiger partial charge on any atom is 0.376 e. The molecular weight excluding hydrogens is 264 g/mol. The second kappa shape index (κ2) is 5.74. The van der Waals surface area contributed by atoms with Gasteiger partial charge in [0.2, 0.25) is 0 Å². The Bertz CT molecular complexity index is 663. The molecule has 0 unspecified atom stereocenters. The molecule has 8 nitrogen and oxygen atoms in total. The minimum atomic E-state index is -1.66. The molecule has 0 aromatic carbocycles. The number of hydrogen-bond acceptors (Lipinski definition) is 6. The van der Waals surface area contributed by atoms with Gasteiger partial charge in [0.15, 0.2) is 0 Å². The van der Waals surface area contributed by atoms with Gasteiger partial charge in [-0.05, 0) is 12.1 Å². The van der Waals surface area contributed by atoms with Crippen molar-refractivity contribution in [3.8, 4) is 0 Å². The highest BCUT2D eigenvalue weighted by Crippen LogP contribution is 2.07. The van der Waals surface area contributed by atoms with Gasteiger partial charge in [-0.15, -0.1) is 5.10 Å². The van der Waals surface area contributed by atoms with Crippen LogP contribution in [0.25, 0.3) is 5.76 Å². The van der Waals surface area contributed by atoms with Crippen molar-refractivity contribution in [2.45, 2.75) is 6.54 Å². The van der Waals surface area contributed by atoms with Gasteiger partial charge in [-0.3, -0.25) is 9.78 Å². The van der Waals surface area contributed by atoms with Gasteiger partial charge in [-0.25, -0.2) is 4.79 Å². The van der Waals surface area contributed by atoms with Gasteiger partial charge in [0.1, 0.15) is 18.0 Å². The highest BCUT2D eigenvalue weighted by Gasteiger charge is 2.12. The van der Waals surface area contributed by atoms with Crippen LogP contribution < -0.4 is 0 Å². The smallest absolute Gasteiger partial charge is 0.376 e. The molecule has 0 aliphatic rings. The number of aliphatic hydroxyl groups excluding tert-OH is 1. The molecule has 0 aliphatic heterocycles. The van der Waals surface area contributed by atoms with E-state index in [0.717, 1.165) is 5.69 Å². The van der Waals surface area contributed by atoms with Crippen molar-refractivity contribution in [1.82, 2.24) is 20.0 Å². The first kappa shape index (κ1) is 13.4. The number of nitrogens with zero attached hydrogens (tertiary/aromatic N) is 4. The lowest BCUT2D eigenvalue weighted by molar-refractivity contribution is -0.146. The number of aromatic nitrogens is 4. The van der Waals surface area contributed by atoms with Crippen LogP contribution in [0.2, 0.25) is 0 Å². The van der Waals surface area contributed by atoms with Crippen molar-refractivity contribution in [1.29, 1.82) is 0 Å². The zero-order valence-electron chi connectivity index (χ0n) is 10.2. The van der Waals surface area contributed by atoms with E-state index >= 15 is 0 Å². The highest BCUT2D eigenvalue weighted by molar-refractivity contribution is 6.38. The Balaban J connectivity index is 2.13. The molecule has 0 atom stereocenters. The number of ketones is 1. The lowest BCUT2D eigenvalue weighted by atomic mass is 10.3. The summed E-state index contributed by atoms with van der Waals surface area (Å²) >= 11 is 0. The van der Waals surface area contributed by atoms with Crippen LogP contribution in [0.5, 0.6) is 0 Å². The summed E-state index contributed by atoms with van der Waals surface area (Å²) in [4.78, 5) is 26.6. The summed E-state index contributed by atoms with van der Waals surface area (Å²) in [6, 6.07) is 5.37. The summed E-state index contributed by atoms with van der Waals surface area (Å²) in [5.41, 5.74) is 0.732. The molecule has 0 spiro atoms. The third-order valence-electron chi connectivity index (χ3n) is 2.31. The quantitative estimate of drug-likeness (QED) is 0.456. The Morgan fingerprint density at radius 2 is 2.10 bits per heavy atom. The van der Waals surface area contributed by atoms with Crippen LogP contribution in [0, 0.1) is 0 Å². The Labute approximate surface area is 113 Å². The lowest BCUT2D eigenvalue weighted by Crippen LogP contribution is -2.10. The van der Waals surface area contributed by atoms with Crippen LogP contribution in [0.1, 0.15) is 11.4 Å². The fourth-order valence-electron chi connectivity index (χ4n) is 1.39. The molecule has 20 heavy (non-hydrogen) atoms. The Hall–Kier alpha value is -3.03. The Morgan fingerprint density at radius 3 is 2.75 bits per heavy atom. The summed E-state index contributed by atoms with van der Waals surface area (Å²) in [5.74, 6) is -3.44. The fraction of sp³-hybridized carbons (Fsp3) is 0.0833. The molecule has 0 saturated carbocycles. The van der Waals surface area contributed by atoms with Gasteiger partial charge < -0.3 is 10.2 Å². The molecule has 2 aromatic rings. The molecule has 2 N–H and O–H groups in total. The van der Waals surface area contributed by atoms with Crippen molar-refractivity contribution in [3.63, 3.8) is 0 Å². The van der Waals surface area contributed by atoms with E-state index in [2.05, 4.69) is 15.2 Å². The van der Waals surface area contributed by atoms with Crippen LogP contribution in [0.4, 0.5) is 0 Å². The van der Waals surface area contributed by atoms with Crippen LogP contribution >= 0.6 is 0 Å². The fourth-order valence-corrected chi connectivity index (χ4v) is 1.39. The summed E-state index contributed by atoms with van der Waals surface area (Å²) < 4.78 is 0. The van der Waals surface area contributed by atoms with Gasteiger partial charge in [-0.2, -0.15) is 9.90 Å². The molecule has 2 rings (SSSR count). The Morgan fingerprint density at radius 1 is 1.30 bits per heavy atom. The predicted molar refractivity (Wildman–Crippen MR) is 66.6 cm³/mol. The van der Waals surface area contributed by atoms with E-state index < -0.39 is 17.5 Å². The molecular formula is C12H10N4O4. The first-order valence-corrected chi connectivity index (χ1v) is 5.54. The molecule has 0 radical (unpaired) electrons. The third-order valence-corrected chi connectivity index (χ3v) is 2.31. The van der Waals surface area contributed by atoms with Crippen molar-refractivity contribution in [2.24, 2.45) is 0 Å². The minimum absolute atomic E-state index is 0.00975. The van der Waals surface area contributed by atoms with Crippen molar-refractivity contribution in [3.05, 3.63) is 48.1 Å². The number of carboxylic acid groups (broad SMARTS) is 1. The standard InChI is InChI=1S/C12H10N4O4/c17-10(5-11(18)12(19)20)9-6-14-16(15-9)7-8-3-1-2-4-13-8/h1-6,17H,7H2,(H,19,20). The predicted octanol–water partition coefficient (Wildman–Crippen LogP) is 0.274. The maximum absolute atomic E-state index is 10.9. The van der Waals surface area contributed by atoms with E-state index in [9.17, 15) is 14.7 Å². The van der Waals surface area contributed by atoms with Crippen LogP contribution in [0.3, 0.4) is 0 Å². The lowest BCUT2D eigenvalue weighted by Gasteiger charge is -1.98. The number of rotatable bonds is 5.